The van der Waals surface area contributed by atoms with Gasteiger partial charge in [-0.1, -0.05) is 33.6 Å². The molecule has 72 valence electrons. The average Bonchev–Trinajstić information content (AvgIpc) is 1.82. The van der Waals surface area contributed by atoms with Gasteiger partial charge in [0.25, 0.3) is 0 Å². The molecule has 1 aliphatic carbocycles. The molecule has 0 spiro atoms. The van der Waals surface area contributed by atoms with Gasteiger partial charge in [-0.2, -0.15) is 0 Å². The summed E-state index contributed by atoms with van der Waals surface area (Å²) in [5.41, 5.74) is 0.339. The third kappa shape index (κ3) is 1.82. The Bertz CT molecular complexity index is 149. The van der Waals surface area contributed by atoms with Crippen LogP contribution in [-0.4, -0.2) is 11.2 Å². The highest BCUT2D eigenvalue weighted by molar-refractivity contribution is 4.88. The highest BCUT2D eigenvalue weighted by Gasteiger charge is 2.39. The van der Waals surface area contributed by atoms with Crippen LogP contribution in [0.15, 0.2) is 0 Å². The topological polar surface area (TPSA) is 20.2 Å². The molecule has 3 atom stereocenters. The first-order valence-corrected chi connectivity index (χ1v) is 5.13. The third-order valence-electron chi connectivity index (χ3n) is 3.52. The Labute approximate surface area is 76.2 Å². The molecule has 1 rings (SSSR count). The minimum atomic E-state index is -0.143. The van der Waals surface area contributed by atoms with Gasteiger partial charge in [-0.3, -0.25) is 0 Å². The van der Waals surface area contributed by atoms with E-state index in [0.29, 0.717) is 17.3 Å². The largest absolute Gasteiger partial charge is 0.393 e. The molecule has 1 saturated carbocycles. The van der Waals surface area contributed by atoms with Crippen LogP contribution in [0.2, 0.25) is 0 Å². The summed E-state index contributed by atoms with van der Waals surface area (Å²) in [7, 11) is 0. The molecule has 0 aromatic heterocycles. The standard InChI is InChI=1S/C11H22O/c1-8-6-5-7-11(3,4)10(8)9(2)12/h8-10,12H,5-7H2,1-4H3/t8?,9-,10?/m0/s1. The first kappa shape index (κ1) is 10.0. The maximum absolute atomic E-state index is 9.68. The second-order valence-corrected chi connectivity index (χ2v) is 5.12. The zero-order chi connectivity index (χ0) is 9.35. The van der Waals surface area contributed by atoms with Gasteiger partial charge in [-0.15, -0.1) is 0 Å². The first-order valence-electron chi connectivity index (χ1n) is 5.13. The van der Waals surface area contributed by atoms with Crippen LogP contribution in [0.4, 0.5) is 0 Å². The molecule has 1 nitrogen and oxygen atoms in total. The van der Waals surface area contributed by atoms with Crippen molar-refractivity contribution in [1.82, 2.24) is 0 Å². The normalized spacial score (nSPS) is 37.8. The number of aliphatic hydroxyl groups is 1. The van der Waals surface area contributed by atoms with Crippen molar-refractivity contribution in [2.24, 2.45) is 17.3 Å². The van der Waals surface area contributed by atoms with Gasteiger partial charge in [0, 0.05) is 0 Å². The predicted molar refractivity (Wildman–Crippen MR) is 52.0 cm³/mol. The van der Waals surface area contributed by atoms with E-state index in [1.807, 2.05) is 6.92 Å². The van der Waals surface area contributed by atoms with E-state index in [-0.39, 0.29) is 6.10 Å². The van der Waals surface area contributed by atoms with Gasteiger partial charge in [-0.25, -0.2) is 0 Å². The lowest BCUT2D eigenvalue weighted by atomic mass is 9.62. The summed E-state index contributed by atoms with van der Waals surface area (Å²) < 4.78 is 0. The van der Waals surface area contributed by atoms with E-state index in [4.69, 9.17) is 0 Å². The van der Waals surface area contributed by atoms with Gasteiger partial charge in [0.05, 0.1) is 6.10 Å². The first-order chi connectivity index (χ1) is 5.45. The molecule has 0 bridgehead atoms. The van der Waals surface area contributed by atoms with Crippen LogP contribution < -0.4 is 0 Å². The minimum Gasteiger partial charge on any atom is -0.393 e. The van der Waals surface area contributed by atoms with Gasteiger partial charge in [-0.05, 0) is 30.6 Å². The summed E-state index contributed by atoms with van der Waals surface area (Å²) in [5, 5.41) is 9.68. The molecule has 2 unspecified atom stereocenters. The van der Waals surface area contributed by atoms with E-state index in [1.165, 1.54) is 19.3 Å². The molecule has 0 radical (unpaired) electrons. The fourth-order valence-corrected chi connectivity index (χ4v) is 3.12. The summed E-state index contributed by atoms with van der Waals surface area (Å²) in [6.07, 6.45) is 3.75. The van der Waals surface area contributed by atoms with Crippen molar-refractivity contribution in [3.8, 4) is 0 Å². The van der Waals surface area contributed by atoms with E-state index < -0.39 is 0 Å². The number of hydrogen-bond acceptors (Lipinski definition) is 1. The maximum Gasteiger partial charge on any atom is 0.0547 e. The van der Waals surface area contributed by atoms with Gasteiger partial charge in [0.15, 0.2) is 0 Å². The van der Waals surface area contributed by atoms with E-state index in [0.717, 1.165) is 0 Å². The lowest BCUT2D eigenvalue weighted by Crippen LogP contribution is -2.40. The van der Waals surface area contributed by atoms with Crippen LogP contribution in [0.25, 0.3) is 0 Å². The number of hydrogen-bond donors (Lipinski definition) is 1. The Morgan fingerprint density at radius 3 is 2.33 bits per heavy atom. The van der Waals surface area contributed by atoms with Crippen molar-refractivity contribution in [1.29, 1.82) is 0 Å². The Morgan fingerprint density at radius 1 is 1.42 bits per heavy atom. The van der Waals surface area contributed by atoms with Gasteiger partial charge >= 0.3 is 0 Å². The van der Waals surface area contributed by atoms with E-state index in [1.54, 1.807) is 0 Å². The predicted octanol–water partition coefficient (Wildman–Crippen LogP) is 2.83. The Kier molecular flexibility index (Phi) is 2.82. The fourth-order valence-electron chi connectivity index (χ4n) is 3.12. The van der Waals surface area contributed by atoms with Crippen molar-refractivity contribution in [3.63, 3.8) is 0 Å². The second-order valence-electron chi connectivity index (χ2n) is 5.12. The smallest absolute Gasteiger partial charge is 0.0547 e. The molecular weight excluding hydrogens is 148 g/mol. The average molecular weight is 170 g/mol. The highest BCUT2D eigenvalue weighted by atomic mass is 16.3. The molecule has 1 fully saturated rings. The highest BCUT2D eigenvalue weighted by Crippen LogP contribution is 2.45. The van der Waals surface area contributed by atoms with E-state index in [9.17, 15) is 5.11 Å². The van der Waals surface area contributed by atoms with Crippen molar-refractivity contribution in [2.45, 2.75) is 53.1 Å². The molecule has 1 N–H and O–H groups in total. The summed E-state index contributed by atoms with van der Waals surface area (Å²) in [4.78, 5) is 0. The summed E-state index contributed by atoms with van der Waals surface area (Å²) >= 11 is 0. The number of rotatable bonds is 1. The molecular formula is C11H22O. The van der Waals surface area contributed by atoms with E-state index in [2.05, 4.69) is 20.8 Å². The monoisotopic (exact) mass is 170 g/mol. The molecule has 0 aromatic carbocycles. The molecule has 0 aromatic rings. The van der Waals surface area contributed by atoms with Crippen molar-refractivity contribution in [3.05, 3.63) is 0 Å². The summed E-state index contributed by atoms with van der Waals surface area (Å²) in [5.74, 6) is 1.18. The lowest BCUT2D eigenvalue weighted by Gasteiger charge is -2.44. The van der Waals surface area contributed by atoms with Crippen molar-refractivity contribution < 1.29 is 5.11 Å². The third-order valence-corrected chi connectivity index (χ3v) is 3.52. The lowest BCUT2D eigenvalue weighted by molar-refractivity contribution is -0.0179. The van der Waals surface area contributed by atoms with Crippen LogP contribution >= 0.6 is 0 Å². The molecule has 1 aliphatic rings. The molecule has 0 amide bonds. The molecule has 0 aliphatic heterocycles. The SMILES string of the molecule is CC1CCCC(C)(C)C1[C@H](C)O. The Hall–Kier alpha value is -0.0400. The summed E-state index contributed by atoms with van der Waals surface area (Å²) in [6, 6.07) is 0. The second kappa shape index (κ2) is 3.37. The Morgan fingerprint density at radius 2 is 2.00 bits per heavy atom. The maximum atomic E-state index is 9.68. The zero-order valence-electron chi connectivity index (χ0n) is 8.80. The van der Waals surface area contributed by atoms with Crippen LogP contribution in [0.1, 0.15) is 47.0 Å². The molecule has 1 heteroatoms. The van der Waals surface area contributed by atoms with Crippen LogP contribution in [0.5, 0.6) is 0 Å². The van der Waals surface area contributed by atoms with E-state index >= 15 is 0 Å². The molecule has 12 heavy (non-hydrogen) atoms. The van der Waals surface area contributed by atoms with Crippen LogP contribution in [-0.2, 0) is 0 Å². The van der Waals surface area contributed by atoms with Crippen LogP contribution in [0.3, 0.4) is 0 Å². The zero-order valence-corrected chi connectivity index (χ0v) is 8.80. The summed E-state index contributed by atoms with van der Waals surface area (Å²) in [6.45, 7) is 8.80. The minimum absolute atomic E-state index is 0.143. The molecule has 0 saturated heterocycles. The van der Waals surface area contributed by atoms with Gasteiger partial charge in [0.2, 0.25) is 0 Å². The van der Waals surface area contributed by atoms with Crippen LogP contribution in [0, 0.1) is 17.3 Å². The molecule has 0 heterocycles. The number of aliphatic hydroxyl groups excluding tert-OH is 1. The quantitative estimate of drug-likeness (QED) is 0.641. The van der Waals surface area contributed by atoms with Crippen molar-refractivity contribution in [2.75, 3.05) is 0 Å². The van der Waals surface area contributed by atoms with Gasteiger partial charge < -0.3 is 5.11 Å². The van der Waals surface area contributed by atoms with Crippen molar-refractivity contribution >= 4 is 0 Å². The Balaban J connectivity index is 2.74. The van der Waals surface area contributed by atoms with Gasteiger partial charge in [0.1, 0.15) is 0 Å². The fraction of sp³-hybridized carbons (Fsp3) is 1.00.